The largest absolute Gasteiger partial charge is 0.495 e. The van der Waals surface area contributed by atoms with Crippen LogP contribution in [0.25, 0.3) is 0 Å². The lowest BCUT2D eigenvalue weighted by Gasteiger charge is -2.37. The van der Waals surface area contributed by atoms with Crippen molar-refractivity contribution in [2.75, 3.05) is 12.4 Å². The fraction of sp³-hybridized carbons (Fsp3) is 0.533. The van der Waals surface area contributed by atoms with Crippen molar-refractivity contribution in [2.45, 2.75) is 38.1 Å². The summed E-state index contributed by atoms with van der Waals surface area (Å²) in [4.78, 5) is 12.4. The van der Waals surface area contributed by atoms with Gasteiger partial charge in [-0.3, -0.25) is 4.79 Å². The van der Waals surface area contributed by atoms with Gasteiger partial charge in [-0.1, -0.05) is 12.8 Å². The van der Waals surface area contributed by atoms with E-state index in [1.807, 2.05) is 19.1 Å². The third-order valence-electron chi connectivity index (χ3n) is 3.99. The number of nitrogens with one attached hydrogen (secondary N) is 1. The lowest BCUT2D eigenvalue weighted by molar-refractivity contribution is -0.122. The zero-order chi connectivity index (χ0) is 14.8. The Morgan fingerprint density at radius 3 is 2.81 bits per heavy atom. The summed E-state index contributed by atoms with van der Waals surface area (Å²) in [5.74, 6) is 0.562. The van der Waals surface area contributed by atoms with Crippen LogP contribution < -0.4 is 15.8 Å². The van der Waals surface area contributed by atoms with Crippen LogP contribution in [-0.4, -0.2) is 18.6 Å². The smallest absolute Gasteiger partial charge is 0.229 e. The van der Waals surface area contributed by atoms with Gasteiger partial charge in [0.25, 0.3) is 0 Å². The maximum absolute atomic E-state index is 12.4. The SMILES string of the molecule is COc1cc(NC(=O)C2CCCCC2(C)N)ccc1Br.Cl. The molecule has 118 valence electrons. The third-order valence-corrected chi connectivity index (χ3v) is 4.64. The molecule has 0 saturated heterocycles. The van der Waals surface area contributed by atoms with E-state index < -0.39 is 5.54 Å². The molecule has 0 aliphatic heterocycles. The first-order chi connectivity index (χ1) is 9.44. The number of amides is 1. The average Bonchev–Trinajstić information content (AvgIpc) is 2.40. The minimum absolute atomic E-state index is 0. The van der Waals surface area contributed by atoms with E-state index in [1.54, 1.807) is 13.2 Å². The third kappa shape index (κ3) is 4.34. The van der Waals surface area contributed by atoms with E-state index in [0.717, 1.165) is 35.8 Å². The highest BCUT2D eigenvalue weighted by Gasteiger charge is 2.37. The number of methoxy groups -OCH3 is 1. The van der Waals surface area contributed by atoms with E-state index in [2.05, 4.69) is 21.2 Å². The van der Waals surface area contributed by atoms with Gasteiger partial charge >= 0.3 is 0 Å². The van der Waals surface area contributed by atoms with Crippen molar-refractivity contribution in [1.82, 2.24) is 0 Å². The summed E-state index contributed by atoms with van der Waals surface area (Å²) < 4.78 is 6.09. The molecular weight excluding hydrogens is 356 g/mol. The molecule has 0 radical (unpaired) electrons. The van der Waals surface area contributed by atoms with Crippen molar-refractivity contribution in [3.8, 4) is 5.75 Å². The van der Waals surface area contributed by atoms with Gasteiger partial charge in [0.1, 0.15) is 5.75 Å². The van der Waals surface area contributed by atoms with Gasteiger partial charge in [0.2, 0.25) is 5.91 Å². The number of ether oxygens (including phenoxy) is 1. The number of halogens is 2. The van der Waals surface area contributed by atoms with Crippen LogP contribution in [0.15, 0.2) is 22.7 Å². The van der Waals surface area contributed by atoms with E-state index in [0.29, 0.717) is 5.75 Å². The Morgan fingerprint density at radius 1 is 1.48 bits per heavy atom. The number of rotatable bonds is 3. The molecule has 3 N–H and O–H groups in total. The second kappa shape index (κ2) is 7.47. The summed E-state index contributed by atoms with van der Waals surface area (Å²) >= 11 is 3.39. The topological polar surface area (TPSA) is 64.3 Å². The first kappa shape index (κ1) is 18.3. The first-order valence-electron chi connectivity index (χ1n) is 6.87. The van der Waals surface area contributed by atoms with Crippen LogP contribution in [0.3, 0.4) is 0 Å². The standard InChI is InChI=1S/C15H21BrN2O2.ClH/c1-15(17)8-4-3-5-11(15)14(19)18-10-6-7-12(16)13(9-10)20-2;/h6-7,9,11H,3-5,8,17H2,1-2H3,(H,18,19);1H. The van der Waals surface area contributed by atoms with E-state index in [9.17, 15) is 4.79 Å². The summed E-state index contributed by atoms with van der Waals surface area (Å²) in [5.41, 5.74) is 6.58. The van der Waals surface area contributed by atoms with Crippen molar-refractivity contribution in [1.29, 1.82) is 0 Å². The molecule has 21 heavy (non-hydrogen) atoms. The van der Waals surface area contributed by atoms with Crippen LogP contribution in [0.2, 0.25) is 0 Å². The van der Waals surface area contributed by atoms with Gasteiger partial charge in [0.15, 0.2) is 0 Å². The van der Waals surface area contributed by atoms with Gasteiger partial charge < -0.3 is 15.8 Å². The summed E-state index contributed by atoms with van der Waals surface area (Å²) in [6, 6.07) is 5.51. The number of nitrogens with two attached hydrogens (primary N) is 1. The van der Waals surface area contributed by atoms with Gasteiger partial charge in [-0.25, -0.2) is 0 Å². The summed E-state index contributed by atoms with van der Waals surface area (Å²) in [6.07, 6.45) is 3.92. The Kier molecular flexibility index (Phi) is 6.50. The predicted octanol–water partition coefficient (Wildman–Crippen LogP) is 3.73. The molecule has 1 aliphatic carbocycles. The maximum Gasteiger partial charge on any atom is 0.229 e. The van der Waals surface area contributed by atoms with Gasteiger partial charge in [-0.2, -0.15) is 0 Å². The van der Waals surface area contributed by atoms with Gasteiger partial charge in [-0.15, -0.1) is 12.4 Å². The van der Waals surface area contributed by atoms with Crippen LogP contribution in [-0.2, 0) is 4.79 Å². The predicted molar refractivity (Wildman–Crippen MR) is 91.1 cm³/mol. The Bertz CT molecular complexity index is 508. The normalized spacial score (nSPS) is 24.9. The second-order valence-corrected chi connectivity index (χ2v) is 6.50. The Balaban J connectivity index is 0.00000220. The molecule has 1 fully saturated rings. The highest BCUT2D eigenvalue weighted by molar-refractivity contribution is 9.10. The zero-order valence-corrected chi connectivity index (χ0v) is 14.7. The van der Waals surface area contributed by atoms with Crippen LogP contribution >= 0.6 is 28.3 Å². The molecule has 2 unspecified atom stereocenters. The Morgan fingerprint density at radius 2 is 2.19 bits per heavy atom. The molecule has 1 aliphatic rings. The fourth-order valence-corrected chi connectivity index (χ4v) is 3.16. The molecule has 1 aromatic carbocycles. The Labute approximate surface area is 140 Å². The molecule has 0 bridgehead atoms. The van der Waals surface area contributed by atoms with E-state index in [-0.39, 0.29) is 24.2 Å². The van der Waals surface area contributed by atoms with Gasteiger partial charge in [0, 0.05) is 17.3 Å². The molecule has 6 heteroatoms. The summed E-state index contributed by atoms with van der Waals surface area (Å²) in [7, 11) is 1.60. The summed E-state index contributed by atoms with van der Waals surface area (Å²) in [5, 5.41) is 2.95. The lowest BCUT2D eigenvalue weighted by atomic mass is 9.74. The van der Waals surface area contributed by atoms with Crippen LogP contribution in [0.5, 0.6) is 5.75 Å². The Hall–Kier alpha value is -0.780. The number of anilines is 1. The van der Waals surface area contributed by atoms with Crippen molar-refractivity contribution in [2.24, 2.45) is 11.7 Å². The van der Waals surface area contributed by atoms with E-state index in [1.165, 1.54) is 0 Å². The first-order valence-corrected chi connectivity index (χ1v) is 7.66. The molecular formula is C15H22BrClN2O2. The van der Waals surface area contributed by atoms with Crippen LogP contribution in [0.1, 0.15) is 32.6 Å². The number of carbonyl (C=O) groups is 1. The minimum Gasteiger partial charge on any atom is -0.495 e. The van der Waals surface area contributed by atoms with E-state index in [4.69, 9.17) is 10.5 Å². The van der Waals surface area contributed by atoms with Crippen molar-refractivity contribution in [3.63, 3.8) is 0 Å². The monoisotopic (exact) mass is 376 g/mol. The number of benzene rings is 1. The minimum atomic E-state index is -0.415. The molecule has 2 rings (SSSR count). The molecule has 0 aromatic heterocycles. The quantitative estimate of drug-likeness (QED) is 0.843. The second-order valence-electron chi connectivity index (χ2n) is 5.64. The average molecular weight is 378 g/mol. The summed E-state index contributed by atoms with van der Waals surface area (Å²) in [6.45, 7) is 1.97. The van der Waals surface area contributed by atoms with Gasteiger partial charge in [-0.05, 0) is 47.8 Å². The van der Waals surface area contributed by atoms with Gasteiger partial charge in [0.05, 0.1) is 17.5 Å². The van der Waals surface area contributed by atoms with Crippen LogP contribution in [0, 0.1) is 5.92 Å². The number of hydrogen-bond acceptors (Lipinski definition) is 3. The molecule has 4 nitrogen and oxygen atoms in total. The van der Waals surface area contributed by atoms with E-state index >= 15 is 0 Å². The highest BCUT2D eigenvalue weighted by Crippen LogP contribution is 2.33. The fourth-order valence-electron chi connectivity index (χ4n) is 2.76. The molecule has 0 heterocycles. The highest BCUT2D eigenvalue weighted by atomic mass is 79.9. The lowest BCUT2D eigenvalue weighted by Crippen LogP contribution is -2.51. The molecule has 1 saturated carbocycles. The number of hydrogen-bond donors (Lipinski definition) is 2. The van der Waals surface area contributed by atoms with Crippen molar-refractivity contribution >= 4 is 39.9 Å². The molecule has 0 spiro atoms. The number of carbonyl (C=O) groups excluding carboxylic acids is 1. The maximum atomic E-state index is 12.4. The van der Waals surface area contributed by atoms with Crippen LogP contribution in [0.4, 0.5) is 5.69 Å². The zero-order valence-electron chi connectivity index (χ0n) is 12.3. The van der Waals surface area contributed by atoms with Crippen molar-refractivity contribution < 1.29 is 9.53 Å². The molecule has 1 aromatic rings. The molecule has 2 atom stereocenters. The molecule has 1 amide bonds. The van der Waals surface area contributed by atoms with Crippen molar-refractivity contribution in [3.05, 3.63) is 22.7 Å².